The number of hydrogen-bond acceptors (Lipinski definition) is 4. The summed E-state index contributed by atoms with van der Waals surface area (Å²) in [5.74, 6) is 0.493. The number of rotatable bonds is 4. The number of aryl methyl sites for hydroxylation is 1. The fraction of sp³-hybridized carbons (Fsp3) is 0.286. The van der Waals surface area contributed by atoms with Crippen molar-refractivity contribution < 1.29 is 4.74 Å². The first-order valence-corrected chi connectivity index (χ1v) is 5.96. The molecule has 0 saturated carbocycles. The molecule has 0 aliphatic rings. The molecular formula is C14H17N3O. The zero-order valence-corrected chi connectivity index (χ0v) is 10.6. The van der Waals surface area contributed by atoms with Crippen LogP contribution in [0.3, 0.4) is 0 Å². The van der Waals surface area contributed by atoms with Gasteiger partial charge >= 0.3 is 0 Å². The molecule has 18 heavy (non-hydrogen) atoms. The molecule has 2 N–H and O–H groups in total. The van der Waals surface area contributed by atoms with Crippen LogP contribution in [0.15, 0.2) is 36.4 Å². The van der Waals surface area contributed by atoms with Crippen molar-refractivity contribution in [3.05, 3.63) is 53.2 Å². The van der Waals surface area contributed by atoms with E-state index in [9.17, 15) is 0 Å². The maximum Gasteiger partial charge on any atom is 0.233 e. The van der Waals surface area contributed by atoms with E-state index in [1.165, 1.54) is 5.56 Å². The molecular weight excluding hydrogens is 226 g/mol. The molecule has 4 heteroatoms. The summed E-state index contributed by atoms with van der Waals surface area (Å²) in [6, 6.07) is 11.6. The Kier molecular flexibility index (Phi) is 3.89. The molecule has 2 rings (SSSR count). The van der Waals surface area contributed by atoms with Crippen molar-refractivity contribution in [2.75, 3.05) is 7.11 Å². The van der Waals surface area contributed by atoms with Gasteiger partial charge in [0.2, 0.25) is 5.88 Å². The summed E-state index contributed by atoms with van der Waals surface area (Å²) in [6.45, 7) is 2.13. The zero-order chi connectivity index (χ0) is 13.0. The molecule has 0 amide bonds. The predicted molar refractivity (Wildman–Crippen MR) is 70.4 cm³/mol. The van der Waals surface area contributed by atoms with Gasteiger partial charge in [0.05, 0.1) is 18.8 Å². The third-order valence-corrected chi connectivity index (χ3v) is 2.94. The molecule has 0 aliphatic heterocycles. The van der Waals surface area contributed by atoms with E-state index < -0.39 is 0 Å². The highest BCUT2D eigenvalue weighted by atomic mass is 16.5. The molecule has 1 unspecified atom stereocenters. The second-order valence-electron chi connectivity index (χ2n) is 4.07. The maximum atomic E-state index is 6.16. The van der Waals surface area contributed by atoms with Crippen LogP contribution in [-0.2, 0) is 6.42 Å². The second kappa shape index (κ2) is 5.60. The van der Waals surface area contributed by atoms with Crippen LogP contribution in [0.4, 0.5) is 0 Å². The van der Waals surface area contributed by atoms with Gasteiger partial charge in [-0.25, -0.2) is 0 Å². The normalized spacial score (nSPS) is 12.2. The van der Waals surface area contributed by atoms with E-state index in [1.807, 2.05) is 18.2 Å². The molecule has 0 saturated heterocycles. The SMILES string of the molecule is CCc1ccc(C(N)c2ccc(OC)nn2)cc1. The Hall–Kier alpha value is -1.94. The molecule has 4 nitrogen and oxygen atoms in total. The summed E-state index contributed by atoms with van der Waals surface area (Å²) < 4.78 is 4.97. The van der Waals surface area contributed by atoms with Crippen molar-refractivity contribution >= 4 is 0 Å². The van der Waals surface area contributed by atoms with Crippen molar-refractivity contribution in [2.24, 2.45) is 5.73 Å². The fourth-order valence-electron chi connectivity index (χ4n) is 1.74. The van der Waals surface area contributed by atoms with E-state index >= 15 is 0 Å². The summed E-state index contributed by atoms with van der Waals surface area (Å²) in [6.07, 6.45) is 1.03. The monoisotopic (exact) mass is 243 g/mol. The third-order valence-electron chi connectivity index (χ3n) is 2.94. The van der Waals surface area contributed by atoms with Crippen LogP contribution < -0.4 is 10.5 Å². The molecule has 0 bridgehead atoms. The average Bonchev–Trinajstić information content (AvgIpc) is 2.47. The minimum absolute atomic E-state index is 0.255. The quantitative estimate of drug-likeness (QED) is 0.893. The molecule has 1 aromatic heterocycles. The Labute approximate surface area is 107 Å². The molecule has 1 atom stereocenters. The Morgan fingerprint density at radius 1 is 1.11 bits per heavy atom. The van der Waals surface area contributed by atoms with E-state index in [0.717, 1.165) is 17.7 Å². The van der Waals surface area contributed by atoms with Gasteiger partial charge in [-0.2, -0.15) is 0 Å². The van der Waals surface area contributed by atoms with Crippen molar-refractivity contribution in [1.29, 1.82) is 0 Å². The summed E-state index contributed by atoms with van der Waals surface area (Å²) in [5, 5.41) is 7.99. The van der Waals surface area contributed by atoms with Gasteiger partial charge in [-0.3, -0.25) is 0 Å². The number of aromatic nitrogens is 2. The first-order valence-electron chi connectivity index (χ1n) is 5.96. The van der Waals surface area contributed by atoms with Crippen LogP contribution in [-0.4, -0.2) is 17.3 Å². The maximum absolute atomic E-state index is 6.16. The van der Waals surface area contributed by atoms with Gasteiger partial charge in [0.1, 0.15) is 0 Å². The van der Waals surface area contributed by atoms with Crippen LogP contribution in [0.5, 0.6) is 5.88 Å². The van der Waals surface area contributed by atoms with Gasteiger partial charge < -0.3 is 10.5 Å². The highest BCUT2D eigenvalue weighted by Gasteiger charge is 2.11. The third kappa shape index (κ3) is 2.65. The molecule has 94 valence electrons. The van der Waals surface area contributed by atoms with E-state index in [2.05, 4.69) is 29.3 Å². The molecule has 0 aliphatic carbocycles. The largest absolute Gasteiger partial charge is 0.480 e. The van der Waals surface area contributed by atoms with Gasteiger partial charge in [-0.05, 0) is 23.6 Å². The predicted octanol–water partition coefficient (Wildman–Crippen LogP) is 2.10. The first kappa shape index (κ1) is 12.5. The molecule has 0 radical (unpaired) electrons. The van der Waals surface area contributed by atoms with E-state index in [-0.39, 0.29) is 6.04 Å². The number of ether oxygens (including phenoxy) is 1. The van der Waals surface area contributed by atoms with Gasteiger partial charge in [-0.15, -0.1) is 10.2 Å². The Morgan fingerprint density at radius 3 is 2.33 bits per heavy atom. The lowest BCUT2D eigenvalue weighted by Gasteiger charge is -2.11. The smallest absolute Gasteiger partial charge is 0.233 e. The van der Waals surface area contributed by atoms with Gasteiger partial charge in [0.15, 0.2) is 0 Å². The van der Waals surface area contributed by atoms with E-state index in [1.54, 1.807) is 13.2 Å². The van der Waals surface area contributed by atoms with Crippen molar-refractivity contribution in [3.8, 4) is 5.88 Å². The molecule has 0 fully saturated rings. The van der Waals surface area contributed by atoms with Crippen LogP contribution in [0, 0.1) is 0 Å². The fourth-order valence-corrected chi connectivity index (χ4v) is 1.74. The van der Waals surface area contributed by atoms with E-state index in [4.69, 9.17) is 10.5 Å². The van der Waals surface area contributed by atoms with E-state index in [0.29, 0.717) is 5.88 Å². The van der Waals surface area contributed by atoms with Gasteiger partial charge in [0, 0.05) is 6.07 Å². The Balaban J connectivity index is 2.20. The van der Waals surface area contributed by atoms with Crippen LogP contribution in [0.25, 0.3) is 0 Å². The van der Waals surface area contributed by atoms with Crippen LogP contribution >= 0.6 is 0 Å². The number of hydrogen-bond donors (Lipinski definition) is 1. The molecule has 0 spiro atoms. The summed E-state index contributed by atoms with van der Waals surface area (Å²) in [4.78, 5) is 0. The number of nitrogens with zero attached hydrogens (tertiary/aromatic N) is 2. The minimum atomic E-state index is -0.255. The number of methoxy groups -OCH3 is 1. The zero-order valence-electron chi connectivity index (χ0n) is 10.6. The van der Waals surface area contributed by atoms with Crippen molar-refractivity contribution in [1.82, 2.24) is 10.2 Å². The van der Waals surface area contributed by atoms with Gasteiger partial charge in [0.25, 0.3) is 0 Å². The highest BCUT2D eigenvalue weighted by molar-refractivity contribution is 5.30. The summed E-state index contributed by atoms with van der Waals surface area (Å²) in [7, 11) is 1.56. The highest BCUT2D eigenvalue weighted by Crippen LogP contribution is 2.19. The Morgan fingerprint density at radius 2 is 1.83 bits per heavy atom. The average molecular weight is 243 g/mol. The minimum Gasteiger partial charge on any atom is -0.480 e. The molecule has 1 aromatic carbocycles. The number of benzene rings is 1. The lowest BCUT2D eigenvalue weighted by Crippen LogP contribution is -2.14. The molecule has 2 aromatic rings. The lowest BCUT2D eigenvalue weighted by molar-refractivity contribution is 0.390. The summed E-state index contributed by atoms with van der Waals surface area (Å²) >= 11 is 0. The molecule has 1 heterocycles. The Bertz CT molecular complexity index is 446. The van der Waals surface area contributed by atoms with Crippen molar-refractivity contribution in [2.45, 2.75) is 19.4 Å². The van der Waals surface area contributed by atoms with Gasteiger partial charge in [-0.1, -0.05) is 31.2 Å². The first-order chi connectivity index (χ1) is 8.74. The topological polar surface area (TPSA) is 61.0 Å². The number of nitrogens with two attached hydrogens (primary N) is 1. The van der Waals surface area contributed by atoms with Crippen LogP contribution in [0.2, 0.25) is 0 Å². The van der Waals surface area contributed by atoms with Crippen molar-refractivity contribution in [3.63, 3.8) is 0 Å². The summed E-state index contributed by atoms with van der Waals surface area (Å²) in [5.41, 5.74) is 9.22. The van der Waals surface area contributed by atoms with Crippen LogP contribution in [0.1, 0.15) is 29.8 Å². The standard InChI is InChI=1S/C14H17N3O/c1-3-10-4-6-11(7-5-10)14(15)12-8-9-13(18-2)17-16-12/h4-9,14H,3,15H2,1-2H3. The lowest BCUT2D eigenvalue weighted by atomic mass is 10.0. The second-order valence-corrected chi connectivity index (χ2v) is 4.07.